The third-order valence-corrected chi connectivity index (χ3v) is 10.7. The van der Waals surface area contributed by atoms with Crippen LogP contribution in [0.15, 0.2) is 60.8 Å². The van der Waals surface area contributed by atoms with E-state index >= 15 is 0 Å². The molecule has 2 aromatic carbocycles. The monoisotopic (exact) mass is 758 g/mol. The van der Waals surface area contributed by atoms with Gasteiger partial charge in [-0.1, -0.05) is 59.6 Å². The molecule has 0 saturated carbocycles. The van der Waals surface area contributed by atoms with Crippen molar-refractivity contribution in [2.24, 2.45) is 5.92 Å². The van der Waals surface area contributed by atoms with Gasteiger partial charge in [0.25, 0.3) is 5.91 Å². The number of methoxy groups -OCH3 is 1. The Balaban J connectivity index is 1.02. The zero-order chi connectivity index (χ0) is 37.1. The van der Waals surface area contributed by atoms with Crippen molar-refractivity contribution in [2.75, 3.05) is 32.1 Å². The fraction of sp³-hybridized carbons (Fsp3) is 0.359. The first-order chi connectivity index (χ1) is 25.7. The normalized spacial score (nSPS) is 19.5. The van der Waals surface area contributed by atoms with Crippen molar-refractivity contribution in [3.05, 3.63) is 98.7 Å². The number of amides is 2. The molecular formula is C39H40Cl2N6O6. The van der Waals surface area contributed by atoms with E-state index in [4.69, 9.17) is 32.7 Å². The molecule has 4 N–H and O–H groups in total. The van der Waals surface area contributed by atoms with E-state index in [1.807, 2.05) is 36.4 Å². The van der Waals surface area contributed by atoms with Crippen molar-refractivity contribution in [1.29, 1.82) is 0 Å². The quantitative estimate of drug-likeness (QED) is 0.127. The van der Waals surface area contributed by atoms with E-state index in [-0.39, 0.29) is 35.8 Å². The molecule has 4 aromatic rings. The highest BCUT2D eigenvalue weighted by molar-refractivity contribution is 6.37. The molecule has 53 heavy (non-hydrogen) atoms. The third-order valence-electron chi connectivity index (χ3n) is 10.1. The summed E-state index contributed by atoms with van der Waals surface area (Å²) >= 11 is 13.6. The standard InChI is InChI=1S/C39H40Cl2N6O6/c1-52-37-24(18-42-19-25-9-13-34(48)44-25)16-31(40)38(46-37)53-32-11-10-27-26(4-2-5-28(27)32)29-6-3-7-30(35(29)41)36(49)45-33-12-8-22(17-43-33)20-47-15-14-23(21-47)39(50)51/h2-8,12,16-17,23,25,32,42H,9-11,13-15,18-21H2,1H3,(H,44,48)(H,50,51)(H,43,45,49)/t23-,25+,32+/m1/s1. The Labute approximate surface area is 317 Å². The number of aliphatic carboxylic acids is 1. The molecule has 0 bridgehead atoms. The van der Waals surface area contributed by atoms with Gasteiger partial charge in [-0.2, -0.15) is 4.98 Å². The van der Waals surface area contributed by atoms with Gasteiger partial charge in [0.15, 0.2) is 0 Å². The zero-order valence-electron chi connectivity index (χ0n) is 29.2. The lowest BCUT2D eigenvalue weighted by molar-refractivity contribution is -0.141. The van der Waals surface area contributed by atoms with Gasteiger partial charge >= 0.3 is 5.97 Å². The SMILES string of the molecule is COc1nc(O[C@H]2CCc3c(-c4cccc(C(=O)Nc5ccc(CN6CC[C@@H](C(=O)O)C6)cn5)c4Cl)cccc32)c(Cl)cc1CNC[C@@H]1CCC(=O)N1. The molecule has 4 heterocycles. The van der Waals surface area contributed by atoms with Crippen LogP contribution in [0.5, 0.6) is 11.8 Å². The van der Waals surface area contributed by atoms with Crippen LogP contribution < -0.4 is 25.4 Å². The van der Waals surface area contributed by atoms with Crippen LogP contribution in [0.25, 0.3) is 11.1 Å². The van der Waals surface area contributed by atoms with Crippen molar-refractivity contribution in [3.63, 3.8) is 0 Å². The van der Waals surface area contributed by atoms with Gasteiger partial charge in [0, 0.05) is 56.0 Å². The van der Waals surface area contributed by atoms with Gasteiger partial charge in [-0.25, -0.2) is 4.98 Å². The fourth-order valence-corrected chi connectivity index (χ4v) is 7.88. The number of nitrogens with one attached hydrogen (secondary N) is 3. The van der Waals surface area contributed by atoms with Crippen LogP contribution in [-0.2, 0) is 29.1 Å². The first kappa shape index (κ1) is 36.6. The topological polar surface area (TPSA) is 155 Å². The number of benzene rings is 2. The fourth-order valence-electron chi connectivity index (χ4n) is 7.34. The van der Waals surface area contributed by atoms with Crippen molar-refractivity contribution < 1.29 is 29.0 Å². The molecule has 3 atom stereocenters. The second-order valence-electron chi connectivity index (χ2n) is 13.6. The number of carbonyl (C=O) groups is 3. The predicted molar refractivity (Wildman–Crippen MR) is 200 cm³/mol. The smallest absolute Gasteiger partial charge is 0.307 e. The van der Waals surface area contributed by atoms with Gasteiger partial charge in [0.2, 0.25) is 17.7 Å². The van der Waals surface area contributed by atoms with Gasteiger partial charge in [0.1, 0.15) is 16.9 Å². The number of pyridine rings is 2. The molecule has 0 spiro atoms. The van der Waals surface area contributed by atoms with Crippen LogP contribution in [0.2, 0.25) is 10.0 Å². The molecule has 2 aromatic heterocycles. The third kappa shape index (κ3) is 8.26. The summed E-state index contributed by atoms with van der Waals surface area (Å²) in [7, 11) is 1.55. The van der Waals surface area contributed by atoms with E-state index in [1.165, 1.54) is 0 Å². The molecule has 0 unspecified atom stereocenters. The number of anilines is 1. The maximum Gasteiger partial charge on any atom is 0.307 e. The van der Waals surface area contributed by atoms with Crippen molar-refractivity contribution in [2.45, 2.75) is 57.3 Å². The summed E-state index contributed by atoms with van der Waals surface area (Å²) in [5.74, 6) is -0.336. The lowest BCUT2D eigenvalue weighted by atomic mass is 9.95. The highest BCUT2D eigenvalue weighted by Crippen LogP contribution is 2.43. The van der Waals surface area contributed by atoms with Crippen LogP contribution in [0, 0.1) is 5.92 Å². The number of likely N-dealkylation sites (tertiary alicyclic amines) is 1. The number of hydrogen-bond donors (Lipinski definition) is 4. The number of fused-ring (bicyclic) bond motifs is 1. The van der Waals surface area contributed by atoms with E-state index in [0.29, 0.717) is 72.7 Å². The first-order valence-electron chi connectivity index (χ1n) is 17.7. The summed E-state index contributed by atoms with van der Waals surface area (Å²) in [6, 6.07) is 16.9. The largest absolute Gasteiger partial charge is 0.481 e. The number of carbonyl (C=O) groups excluding carboxylic acids is 2. The van der Waals surface area contributed by atoms with E-state index in [1.54, 1.807) is 31.5 Å². The molecule has 2 fully saturated rings. The molecule has 0 radical (unpaired) electrons. The van der Waals surface area contributed by atoms with E-state index in [0.717, 1.165) is 52.8 Å². The molecule has 276 valence electrons. The number of ether oxygens (including phenoxy) is 2. The van der Waals surface area contributed by atoms with Crippen molar-refractivity contribution in [1.82, 2.24) is 25.5 Å². The molecule has 1 aliphatic carbocycles. The number of nitrogens with zero attached hydrogens (tertiary/aromatic N) is 3. The maximum absolute atomic E-state index is 13.4. The van der Waals surface area contributed by atoms with Crippen LogP contribution in [0.4, 0.5) is 5.82 Å². The van der Waals surface area contributed by atoms with E-state index in [9.17, 15) is 19.5 Å². The number of aromatic nitrogens is 2. The van der Waals surface area contributed by atoms with Crippen LogP contribution in [-0.4, -0.2) is 70.5 Å². The summed E-state index contributed by atoms with van der Waals surface area (Å²) in [6.45, 7) is 2.93. The van der Waals surface area contributed by atoms with Crippen molar-refractivity contribution in [3.8, 4) is 22.9 Å². The Morgan fingerprint density at radius 3 is 2.60 bits per heavy atom. The lowest BCUT2D eigenvalue weighted by Crippen LogP contribution is -2.35. The predicted octanol–water partition coefficient (Wildman–Crippen LogP) is 6.05. The average Bonchev–Trinajstić information content (AvgIpc) is 3.90. The number of hydrogen-bond acceptors (Lipinski definition) is 9. The summed E-state index contributed by atoms with van der Waals surface area (Å²) in [5, 5.41) is 19.1. The minimum absolute atomic E-state index is 0.0757. The Morgan fingerprint density at radius 1 is 1.04 bits per heavy atom. The summed E-state index contributed by atoms with van der Waals surface area (Å²) < 4.78 is 12.0. The zero-order valence-corrected chi connectivity index (χ0v) is 30.7. The van der Waals surface area contributed by atoms with Crippen molar-refractivity contribution >= 4 is 46.8 Å². The molecule has 12 nitrogen and oxygen atoms in total. The molecule has 14 heteroatoms. The number of carboxylic acid groups (broad SMARTS) is 1. The summed E-state index contributed by atoms with van der Waals surface area (Å²) in [5.41, 5.74) is 5.75. The number of halogens is 2. The maximum atomic E-state index is 13.4. The second-order valence-corrected chi connectivity index (χ2v) is 14.4. The summed E-state index contributed by atoms with van der Waals surface area (Å²) in [6.07, 6.45) is 4.80. The van der Waals surface area contributed by atoms with Crippen LogP contribution in [0.1, 0.15) is 64.4 Å². The van der Waals surface area contributed by atoms with Gasteiger partial charge in [0.05, 0.1) is 23.6 Å². The Hall–Kier alpha value is -4.75. The molecule has 2 aliphatic heterocycles. The first-order valence-corrected chi connectivity index (χ1v) is 18.4. The average molecular weight is 760 g/mol. The Bertz CT molecular complexity index is 2030. The minimum atomic E-state index is -0.762. The Kier molecular flexibility index (Phi) is 11.1. The van der Waals surface area contributed by atoms with E-state index in [2.05, 4.69) is 30.8 Å². The van der Waals surface area contributed by atoms with Crippen LogP contribution in [0.3, 0.4) is 0 Å². The molecule has 3 aliphatic rings. The molecule has 2 amide bonds. The van der Waals surface area contributed by atoms with Gasteiger partial charge in [-0.15, -0.1) is 0 Å². The summed E-state index contributed by atoms with van der Waals surface area (Å²) in [4.78, 5) is 47.4. The van der Waals surface area contributed by atoms with Gasteiger partial charge in [-0.05, 0) is 72.7 Å². The highest BCUT2D eigenvalue weighted by Gasteiger charge is 2.30. The minimum Gasteiger partial charge on any atom is -0.481 e. The Morgan fingerprint density at radius 2 is 1.87 bits per heavy atom. The highest BCUT2D eigenvalue weighted by atomic mass is 35.5. The van der Waals surface area contributed by atoms with Gasteiger partial charge in [-0.3, -0.25) is 19.3 Å². The molecular weight excluding hydrogens is 719 g/mol. The number of carboxylic acids is 1. The van der Waals surface area contributed by atoms with Crippen LogP contribution >= 0.6 is 23.2 Å². The second kappa shape index (κ2) is 16.1. The number of rotatable bonds is 13. The lowest BCUT2D eigenvalue weighted by Gasteiger charge is -2.18. The van der Waals surface area contributed by atoms with E-state index < -0.39 is 5.97 Å². The molecule has 7 rings (SSSR count). The van der Waals surface area contributed by atoms with Gasteiger partial charge < -0.3 is 30.5 Å². The molecule has 2 saturated heterocycles.